The van der Waals surface area contributed by atoms with Crippen molar-refractivity contribution in [3.05, 3.63) is 41.7 Å². The lowest BCUT2D eigenvalue weighted by Crippen LogP contribution is -2.38. The summed E-state index contributed by atoms with van der Waals surface area (Å²) >= 11 is 0. The first-order chi connectivity index (χ1) is 11.9. The molecule has 10 heteroatoms. The Bertz CT molecular complexity index is 743. The minimum Gasteiger partial charge on any atom is -0.350 e. The van der Waals surface area contributed by atoms with Gasteiger partial charge in [0.1, 0.15) is 0 Å². The van der Waals surface area contributed by atoms with Crippen LogP contribution in [0.25, 0.3) is 5.69 Å². The van der Waals surface area contributed by atoms with Crippen molar-refractivity contribution < 1.29 is 18.0 Å². The normalized spacial score (nSPS) is 17.4. The van der Waals surface area contributed by atoms with E-state index < -0.39 is 11.7 Å². The summed E-state index contributed by atoms with van der Waals surface area (Å²) in [4.78, 5) is 12.1. The molecule has 1 aromatic heterocycles. The van der Waals surface area contributed by atoms with Crippen molar-refractivity contribution in [3.8, 4) is 5.69 Å². The van der Waals surface area contributed by atoms with E-state index in [-0.39, 0.29) is 29.7 Å². The van der Waals surface area contributed by atoms with E-state index in [0.717, 1.165) is 42.7 Å². The van der Waals surface area contributed by atoms with Gasteiger partial charge in [-0.15, -0.1) is 17.5 Å². The number of carbonyl (C=O) groups excluding carboxylic acids is 1. The van der Waals surface area contributed by atoms with E-state index in [1.165, 1.54) is 18.3 Å². The maximum Gasteiger partial charge on any atom is 0.416 e. The number of halogens is 4. The van der Waals surface area contributed by atoms with Gasteiger partial charge in [0.05, 0.1) is 17.4 Å². The van der Waals surface area contributed by atoms with Gasteiger partial charge in [-0.3, -0.25) is 4.79 Å². The Hall–Kier alpha value is -2.13. The zero-order chi connectivity index (χ0) is 17.9. The highest BCUT2D eigenvalue weighted by Crippen LogP contribution is 2.30. The Morgan fingerprint density at radius 3 is 2.88 bits per heavy atom. The van der Waals surface area contributed by atoms with Gasteiger partial charge in [-0.2, -0.15) is 13.2 Å². The molecule has 3 rings (SSSR count). The standard InChI is InChI=1S/C16H18F3N5O.ClH/c17-16(18,19)12-4-1-5-13(7-12)24-10-14(22-23-24)15(25)21-9-11-3-2-6-20-8-11;/h1,4-5,7,10-11,20H,2-3,6,8-9H2,(H,21,25);1H. The highest BCUT2D eigenvalue weighted by Gasteiger charge is 2.30. The molecule has 26 heavy (non-hydrogen) atoms. The van der Waals surface area contributed by atoms with Crippen molar-refractivity contribution in [3.63, 3.8) is 0 Å². The first-order valence-corrected chi connectivity index (χ1v) is 8.02. The van der Waals surface area contributed by atoms with Crippen LogP contribution in [0.2, 0.25) is 0 Å². The van der Waals surface area contributed by atoms with E-state index in [4.69, 9.17) is 0 Å². The van der Waals surface area contributed by atoms with Crippen LogP contribution in [0.4, 0.5) is 13.2 Å². The van der Waals surface area contributed by atoms with Gasteiger partial charge in [0, 0.05) is 6.54 Å². The minimum absolute atomic E-state index is 0. The zero-order valence-electron chi connectivity index (χ0n) is 13.8. The molecule has 1 atom stereocenters. The topological polar surface area (TPSA) is 71.8 Å². The lowest BCUT2D eigenvalue weighted by molar-refractivity contribution is -0.137. The second kappa shape index (κ2) is 8.50. The van der Waals surface area contributed by atoms with Crippen LogP contribution in [-0.4, -0.2) is 40.5 Å². The van der Waals surface area contributed by atoms with Crippen molar-refractivity contribution in [1.29, 1.82) is 0 Å². The van der Waals surface area contributed by atoms with Gasteiger partial charge in [0.15, 0.2) is 5.69 Å². The summed E-state index contributed by atoms with van der Waals surface area (Å²) in [6, 6.07) is 4.70. The lowest BCUT2D eigenvalue weighted by atomic mass is 10.00. The van der Waals surface area contributed by atoms with Gasteiger partial charge in [0.25, 0.3) is 5.91 Å². The predicted octanol–water partition coefficient (Wildman–Crippen LogP) is 2.44. The third-order valence-electron chi connectivity index (χ3n) is 4.11. The molecule has 0 aliphatic carbocycles. The highest BCUT2D eigenvalue weighted by atomic mass is 35.5. The first kappa shape index (κ1) is 20.2. The molecule has 2 N–H and O–H groups in total. The molecule has 6 nitrogen and oxygen atoms in total. The molecule has 2 heterocycles. The monoisotopic (exact) mass is 389 g/mol. The summed E-state index contributed by atoms with van der Waals surface area (Å²) in [5, 5.41) is 13.6. The number of piperidine rings is 1. The van der Waals surface area contributed by atoms with E-state index in [1.807, 2.05) is 0 Å². The summed E-state index contributed by atoms with van der Waals surface area (Å²) in [6.07, 6.45) is -0.995. The number of nitrogens with one attached hydrogen (secondary N) is 2. The van der Waals surface area contributed by atoms with Crippen molar-refractivity contribution in [2.45, 2.75) is 19.0 Å². The molecule has 142 valence electrons. The van der Waals surface area contributed by atoms with E-state index in [0.29, 0.717) is 12.5 Å². The molecule has 1 aromatic carbocycles. The van der Waals surface area contributed by atoms with Crippen LogP contribution in [0, 0.1) is 5.92 Å². The lowest BCUT2D eigenvalue weighted by Gasteiger charge is -2.22. The molecule has 0 radical (unpaired) electrons. The third kappa shape index (κ3) is 4.95. The van der Waals surface area contributed by atoms with Crippen molar-refractivity contribution in [2.75, 3.05) is 19.6 Å². The van der Waals surface area contributed by atoms with E-state index >= 15 is 0 Å². The van der Waals surface area contributed by atoms with E-state index in [9.17, 15) is 18.0 Å². The fourth-order valence-electron chi connectivity index (χ4n) is 2.74. The Balaban J connectivity index is 0.00000243. The number of amides is 1. The number of nitrogens with zero attached hydrogens (tertiary/aromatic N) is 3. The van der Waals surface area contributed by atoms with E-state index in [2.05, 4.69) is 20.9 Å². The molecule has 0 spiro atoms. The number of alkyl halides is 3. The maximum atomic E-state index is 12.8. The van der Waals surface area contributed by atoms with Crippen LogP contribution in [0.15, 0.2) is 30.5 Å². The fourth-order valence-corrected chi connectivity index (χ4v) is 2.74. The van der Waals surface area contributed by atoms with Crippen LogP contribution in [0.3, 0.4) is 0 Å². The highest BCUT2D eigenvalue weighted by molar-refractivity contribution is 5.91. The number of benzene rings is 1. The molecule has 2 aromatic rings. The largest absolute Gasteiger partial charge is 0.416 e. The smallest absolute Gasteiger partial charge is 0.350 e. The molecular weight excluding hydrogens is 371 g/mol. The maximum absolute atomic E-state index is 12.8. The zero-order valence-corrected chi connectivity index (χ0v) is 14.6. The Morgan fingerprint density at radius 2 is 2.19 bits per heavy atom. The second-order valence-corrected chi connectivity index (χ2v) is 6.02. The van der Waals surface area contributed by atoms with Crippen molar-refractivity contribution in [2.24, 2.45) is 5.92 Å². The van der Waals surface area contributed by atoms with Gasteiger partial charge in [-0.05, 0) is 50.0 Å². The van der Waals surface area contributed by atoms with Gasteiger partial charge < -0.3 is 10.6 Å². The molecule has 1 unspecified atom stereocenters. The van der Waals surface area contributed by atoms with Crippen molar-refractivity contribution in [1.82, 2.24) is 25.6 Å². The molecule has 1 aliphatic heterocycles. The summed E-state index contributed by atoms with van der Waals surface area (Å²) in [6.45, 7) is 2.38. The predicted molar refractivity (Wildman–Crippen MR) is 91.5 cm³/mol. The molecule has 1 fully saturated rings. The number of aromatic nitrogens is 3. The average Bonchev–Trinajstić information content (AvgIpc) is 3.10. The quantitative estimate of drug-likeness (QED) is 0.842. The number of hydrogen-bond donors (Lipinski definition) is 2. The molecular formula is C16H19ClF3N5O. The van der Waals surface area contributed by atoms with Crippen LogP contribution in [0.1, 0.15) is 28.9 Å². The van der Waals surface area contributed by atoms with Gasteiger partial charge in [-0.25, -0.2) is 4.68 Å². The number of carbonyl (C=O) groups is 1. The van der Waals surface area contributed by atoms with Gasteiger partial charge >= 0.3 is 6.18 Å². The first-order valence-electron chi connectivity index (χ1n) is 8.02. The van der Waals surface area contributed by atoms with Crippen LogP contribution < -0.4 is 10.6 Å². The molecule has 0 bridgehead atoms. The second-order valence-electron chi connectivity index (χ2n) is 6.02. The summed E-state index contributed by atoms with van der Waals surface area (Å²) in [5.41, 5.74) is -0.518. The fraction of sp³-hybridized carbons (Fsp3) is 0.438. The van der Waals surface area contributed by atoms with Crippen LogP contribution in [-0.2, 0) is 6.18 Å². The molecule has 1 saturated heterocycles. The average molecular weight is 390 g/mol. The van der Waals surface area contributed by atoms with Gasteiger partial charge in [0.2, 0.25) is 0 Å². The van der Waals surface area contributed by atoms with Crippen molar-refractivity contribution >= 4 is 18.3 Å². The Labute approximate surface area is 154 Å². The van der Waals surface area contributed by atoms with Gasteiger partial charge in [-0.1, -0.05) is 11.3 Å². The summed E-state index contributed by atoms with van der Waals surface area (Å²) in [7, 11) is 0. The number of hydrogen-bond acceptors (Lipinski definition) is 4. The third-order valence-corrected chi connectivity index (χ3v) is 4.11. The minimum atomic E-state index is -4.44. The van der Waals surface area contributed by atoms with Crippen LogP contribution in [0.5, 0.6) is 0 Å². The SMILES string of the molecule is Cl.O=C(NCC1CCCNC1)c1cn(-c2cccc(C(F)(F)F)c2)nn1. The molecule has 0 saturated carbocycles. The summed E-state index contributed by atoms with van der Waals surface area (Å²) in [5.74, 6) is -0.0139. The summed E-state index contributed by atoms with van der Waals surface area (Å²) < 4.78 is 39.5. The molecule has 1 aliphatic rings. The van der Waals surface area contributed by atoms with Crippen LogP contribution >= 0.6 is 12.4 Å². The number of rotatable bonds is 4. The Morgan fingerprint density at radius 1 is 1.38 bits per heavy atom. The Kier molecular flexibility index (Phi) is 6.60. The molecule has 1 amide bonds. The van der Waals surface area contributed by atoms with E-state index in [1.54, 1.807) is 0 Å².